The molecule has 1 aliphatic rings. The lowest BCUT2D eigenvalue weighted by molar-refractivity contribution is 0.949. The van der Waals surface area contributed by atoms with Crippen molar-refractivity contribution in [3.63, 3.8) is 0 Å². The third-order valence-electron chi connectivity index (χ3n) is 2.76. The van der Waals surface area contributed by atoms with Crippen molar-refractivity contribution in [2.75, 3.05) is 18.0 Å². The molecular formula is C11H12N2S. The van der Waals surface area contributed by atoms with Crippen molar-refractivity contribution in [2.45, 2.75) is 12.8 Å². The van der Waals surface area contributed by atoms with Gasteiger partial charge in [0.25, 0.3) is 0 Å². The summed E-state index contributed by atoms with van der Waals surface area (Å²) in [7, 11) is 0. The first-order chi connectivity index (χ1) is 6.95. The van der Waals surface area contributed by atoms with Crippen LogP contribution in [-0.4, -0.2) is 17.5 Å². The van der Waals surface area contributed by atoms with Crippen LogP contribution in [0.15, 0.2) is 24.3 Å². The van der Waals surface area contributed by atoms with Crippen LogP contribution in [-0.2, 0) is 0 Å². The fourth-order valence-electron chi connectivity index (χ4n) is 2.03. The minimum absolute atomic E-state index is 1.17. The van der Waals surface area contributed by atoms with Gasteiger partial charge in [0.2, 0.25) is 0 Å². The van der Waals surface area contributed by atoms with Crippen molar-refractivity contribution < 1.29 is 0 Å². The van der Waals surface area contributed by atoms with Gasteiger partial charge >= 0.3 is 0 Å². The third kappa shape index (κ3) is 1.20. The molecule has 1 saturated heterocycles. The largest absolute Gasteiger partial charge is 0.355 e. The second-order valence-electron chi connectivity index (χ2n) is 3.70. The maximum absolute atomic E-state index is 4.54. The maximum atomic E-state index is 4.54. The molecule has 2 heterocycles. The number of fused-ring (bicyclic) bond motifs is 1. The first kappa shape index (κ1) is 8.24. The molecule has 0 spiro atoms. The predicted octanol–water partition coefficient (Wildman–Crippen LogP) is 2.90. The highest BCUT2D eigenvalue weighted by atomic mass is 32.1. The molecule has 72 valence electrons. The van der Waals surface area contributed by atoms with Crippen LogP contribution in [0, 0.1) is 0 Å². The summed E-state index contributed by atoms with van der Waals surface area (Å²) < 4.78 is 5.85. The Bertz CT molecular complexity index is 443. The van der Waals surface area contributed by atoms with E-state index in [2.05, 4.69) is 33.5 Å². The molecule has 3 heteroatoms. The van der Waals surface area contributed by atoms with Gasteiger partial charge in [0.05, 0.1) is 4.70 Å². The van der Waals surface area contributed by atoms with E-state index in [1.54, 1.807) is 11.5 Å². The van der Waals surface area contributed by atoms with Gasteiger partial charge in [-0.3, -0.25) is 0 Å². The van der Waals surface area contributed by atoms with Crippen molar-refractivity contribution in [2.24, 2.45) is 0 Å². The van der Waals surface area contributed by atoms with Gasteiger partial charge < -0.3 is 4.90 Å². The van der Waals surface area contributed by atoms with E-state index in [1.807, 2.05) is 0 Å². The summed E-state index contributed by atoms with van der Waals surface area (Å²) in [5, 5.41) is 1.32. The highest BCUT2D eigenvalue weighted by molar-refractivity contribution is 7.13. The monoisotopic (exact) mass is 204 g/mol. The van der Waals surface area contributed by atoms with E-state index in [4.69, 9.17) is 0 Å². The molecular weight excluding hydrogens is 192 g/mol. The summed E-state index contributed by atoms with van der Waals surface area (Å²) >= 11 is 1.61. The minimum atomic E-state index is 1.17. The normalized spacial score (nSPS) is 16.7. The van der Waals surface area contributed by atoms with Gasteiger partial charge in [0.1, 0.15) is 5.82 Å². The Labute approximate surface area is 87.3 Å². The second kappa shape index (κ2) is 3.24. The van der Waals surface area contributed by atoms with E-state index < -0.39 is 0 Å². The van der Waals surface area contributed by atoms with Gasteiger partial charge in [0, 0.05) is 18.5 Å². The quantitative estimate of drug-likeness (QED) is 0.710. The third-order valence-corrected chi connectivity index (χ3v) is 3.58. The minimum Gasteiger partial charge on any atom is -0.355 e. The van der Waals surface area contributed by atoms with E-state index in [-0.39, 0.29) is 0 Å². The van der Waals surface area contributed by atoms with Crippen LogP contribution in [0.3, 0.4) is 0 Å². The molecule has 1 aliphatic heterocycles. The van der Waals surface area contributed by atoms with Gasteiger partial charge in [-0.2, -0.15) is 4.37 Å². The summed E-state index contributed by atoms with van der Waals surface area (Å²) in [6.45, 7) is 2.35. The molecule has 0 aliphatic carbocycles. The van der Waals surface area contributed by atoms with Gasteiger partial charge in [-0.25, -0.2) is 0 Å². The van der Waals surface area contributed by atoms with Gasteiger partial charge in [-0.05, 0) is 36.5 Å². The summed E-state index contributed by atoms with van der Waals surface area (Å²) in [4.78, 5) is 2.40. The highest BCUT2D eigenvalue weighted by Crippen LogP contribution is 2.30. The van der Waals surface area contributed by atoms with Crippen LogP contribution in [0.5, 0.6) is 0 Å². The zero-order valence-corrected chi connectivity index (χ0v) is 8.76. The van der Waals surface area contributed by atoms with Crippen molar-refractivity contribution in [1.29, 1.82) is 0 Å². The number of anilines is 1. The van der Waals surface area contributed by atoms with Crippen molar-refractivity contribution in [1.82, 2.24) is 4.37 Å². The van der Waals surface area contributed by atoms with Crippen LogP contribution in [0.1, 0.15) is 12.8 Å². The van der Waals surface area contributed by atoms with E-state index in [1.165, 1.54) is 41.8 Å². The average molecular weight is 204 g/mol. The van der Waals surface area contributed by atoms with Crippen LogP contribution in [0.2, 0.25) is 0 Å². The van der Waals surface area contributed by atoms with E-state index in [0.717, 1.165) is 0 Å². The smallest absolute Gasteiger partial charge is 0.150 e. The standard InChI is InChI=1S/C11H12N2S/c1-2-6-10-9(5-1)11(12-14-10)13-7-3-4-8-13/h1-2,5-6H,3-4,7-8H2. The first-order valence-electron chi connectivity index (χ1n) is 5.04. The van der Waals surface area contributed by atoms with Gasteiger partial charge in [0.15, 0.2) is 0 Å². The molecule has 1 aromatic carbocycles. The van der Waals surface area contributed by atoms with Crippen LogP contribution in [0.4, 0.5) is 5.82 Å². The molecule has 1 fully saturated rings. The number of nitrogens with zero attached hydrogens (tertiary/aromatic N) is 2. The molecule has 3 rings (SSSR count). The van der Waals surface area contributed by atoms with Gasteiger partial charge in [-0.15, -0.1) is 0 Å². The van der Waals surface area contributed by atoms with Crippen LogP contribution < -0.4 is 4.90 Å². The molecule has 0 N–H and O–H groups in total. The number of aromatic nitrogens is 1. The molecule has 0 atom stereocenters. The highest BCUT2D eigenvalue weighted by Gasteiger charge is 2.16. The molecule has 2 aromatic rings. The lowest BCUT2D eigenvalue weighted by Crippen LogP contribution is -2.17. The lowest BCUT2D eigenvalue weighted by atomic mass is 10.2. The number of hydrogen-bond acceptors (Lipinski definition) is 3. The molecule has 0 amide bonds. The van der Waals surface area contributed by atoms with E-state index in [9.17, 15) is 0 Å². The fraction of sp³-hybridized carbons (Fsp3) is 0.364. The average Bonchev–Trinajstić information content (AvgIpc) is 2.85. The summed E-state index contributed by atoms with van der Waals surface area (Å²) in [5.41, 5.74) is 0. The SMILES string of the molecule is c1ccc2c(N3CCCC3)nsc2c1. The van der Waals surface area contributed by atoms with Crippen LogP contribution >= 0.6 is 11.5 Å². The van der Waals surface area contributed by atoms with E-state index in [0.29, 0.717) is 0 Å². The first-order valence-corrected chi connectivity index (χ1v) is 5.82. The Kier molecular flexibility index (Phi) is 1.91. The zero-order valence-electron chi connectivity index (χ0n) is 7.94. The summed E-state index contributed by atoms with van der Waals surface area (Å²) in [5.74, 6) is 1.20. The Morgan fingerprint density at radius 3 is 2.79 bits per heavy atom. The molecule has 0 radical (unpaired) electrons. The Hall–Kier alpha value is -1.09. The summed E-state index contributed by atoms with van der Waals surface area (Å²) in [6, 6.07) is 8.49. The molecule has 0 saturated carbocycles. The predicted molar refractivity (Wildman–Crippen MR) is 61.1 cm³/mol. The Balaban J connectivity index is 2.11. The molecule has 0 unspecified atom stereocenters. The van der Waals surface area contributed by atoms with Crippen molar-refractivity contribution in [3.8, 4) is 0 Å². The number of hydrogen-bond donors (Lipinski definition) is 0. The fourth-order valence-corrected chi connectivity index (χ4v) is 2.83. The molecule has 1 aromatic heterocycles. The summed E-state index contributed by atoms with van der Waals surface area (Å²) in [6.07, 6.45) is 2.62. The zero-order chi connectivity index (χ0) is 9.38. The Morgan fingerprint density at radius 2 is 1.93 bits per heavy atom. The number of rotatable bonds is 1. The second-order valence-corrected chi connectivity index (χ2v) is 4.50. The van der Waals surface area contributed by atoms with Crippen molar-refractivity contribution >= 4 is 27.4 Å². The molecule has 2 nitrogen and oxygen atoms in total. The van der Waals surface area contributed by atoms with Crippen molar-refractivity contribution in [3.05, 3.63) is 24.3 Å². The van der Waals surface area contributed by atoms with Crippen LogP contribution in [0.25, 0.3) is 10.1 Å². The Morgan fingerprint density at radius 1 is 1.14 bits per heavy atom. The molecule has 14 heavy (non-hydrogen) atoms. The van der Waals surface area contributed by atoms with Gasteiger partial charge in [-0.1, -0.05) is 12.1 Å². The molecule has 0 bridgehead atoms. The maximum Gasteiger partial charge on any atom is 0.150 e. The van der Waals surface area contributed by atoms with E-state index >= 15 is 0 Å². The lowest BCUT2D eigenvalue weighted by Gasteiger charge is -2.13. The number of benzene rings is 1. The topological polar surface area (TPSA) is 16.1 Å².